The Balaban J connectivity index is 1.58. The third-order valence-corrected chi connectivity index (χ3v) is 6.53. The van der Waals surface area contributed by atoms with Crippen LogP contribution in [0.15, 0.2) is 23.5 Å². The van der Waals surface area contributed by atoms with E-state index in [1.807, 2.05) is 6.92 Å². The van der Waals surface area contributed by atoms with Gasteiger partial charge in [-0.1, -0.05) is 84.0 Å². The Labute approximate surface area is 194 Å². The summed E-state index contributed by atoms with van der Waals surface area (Å²) in [5.41, 5.74) is -0.755. The maximum atomic E-state index is 12.8. The van der Waals surface area contributed by atoms with Crippen molar-refractivity contribution < 1.29 is 23.9 Å². The average Bonchev–Trinajstić information content (AvgIpc) is 2.75. The van der Waals surface area contributed by atoms with Crippen molar-refractivity contribution in [1.29, 1.82) is 0 Å². The number of carbonyl (C=O) groups excluding carboxylic acids is 3. The number of Topliss-reactive ketones (excluding diaryl/α,β-unsaturated/α-hetero) is 1. The maximum absolute atomic E-state index is 12.8. The van der Waals surface area contributed by atoms with Crippen LogP contribution in [-0.2, 0) is 23.9 Å². The lowest BCUT2D eigenvalue weighted by Gasteiger charge is -2.33. The number of carbonyl (C=O) groups is 3. The lowest BCUT2D eigenvalue weighted by Crippen LogP contribution is -2.51. The molecule has 0 N–H and O–H groups in total. The predicted octanol–water partition coefficient (Wildman–Crippen LogP) is 6.54. The smallest absolute Gasteiger partial charge is 0.307 e. The van der Waals surface area contributed by atoms with Gasteiger partial charge in [0.1, 0.15) is 0 Å². The van der Waals surface area contributed by atoms with Crippen LogP contribution in [0.25, 0.3) is 0 Å². The molecule has 2 unspecified atom stereocenters. The Bertz CT molecular complexity index is 705. The van der Waals surface area contributed by atoms with E-state index in [9.17, 15) is 14.4 Å². The zero-order chi connectivity index (χ0) is 23.4. The van der Waals surface area contributed by atoms with Crippen molar-refractivity contribution in [3.05, 3.63) is 23.5 Å². The molecule has 0 aromatic carbocycles. The number of ketones is 2. The Morgan fingerprint density at radius 3 is 2.06 bits per heavy atom. The van der Waals surface area contributed by atoms with E-state index in [1.165, 1.54) is 83.5 Å². The number of esters is 1. The molecule has 1 aliphatic heterocycles. The zero-order valence-corrected chi connectivity index (χ0v) is 20.4. The Morgan fingerprint density at radius 1 is 0.969 bits per heavy atom. The highest BCUT2D eigenvalue weighted by molar-refractivity contribution is 6.26. The quantitative estimate of drug-likeness (QED) is 0.162. The summed E-state index contributed by atoms with van der Waals surface area (Å²) in [6.07, 6.45) is 19.5. The second kappa shape index (κ2) is 13.6. The van der Waals surface area contributed by atoms with Crippen molar-refractivity contribution in [1.82, 2.24) is 0 Å². The number of rotatable bonds is 15. The molecule has 2 rings (SSSR count). The number of hydrogen-bond acceptors (Lipinski definition) is 5. The van der Waals surface area contributed by atoms with Gasteiger partial charge in [-0.05, 0) is 31.9 Å². The molecule has 1 heterocycles. The van der Waals surface area contributed by atoms with Crippen LogP contribution in [0.3, 0.4) is 0 Å². The van der Waals surface area contributed by atoms with Gasteiger partial charge >= 0.3 is 5.97 Å². The molecular formula is C27H42O5. The van der Waals surface area contributed by atoms with Gasteiger partial charge < -0.3 is 9.47 Å². The Kier molecular flexibility index (Phi) is 11.2. The van der Waals surface area contributed by atoms with Gasteiger partial charge in [-0.25, -0.2) is 0 Å². The number of unbranched alkanes of at least 4 members (excludes halogenated alkanes) is 12. The van der Waals surface area contributed by atoms with E-state index in [2.05, 4.69) is 6.92 Å². The third-order valence-electron chi connectivity index (χ3n) is 6.53. The average molecular weight is 447 g/mol. The molecular weight excluding hydrogens is 404 g/mol. The summed E-state index contributed by atoms with van der Waals surface area (Å²) >= 11 is 0. The minimum absolute atomic E-state index is 0.0759. The van der Waals surface area contributed by atoms with Gasteiger partial charge in [0.2, 0.25) is 17.2 Å². The molecule has 0 saturated carbocycles. The van der Waals surface area contributed by atoms with Gasteiger partial charge in [-0.2, -0.15) is 0 Å². The molecule has 0 bridgehead atoms. The summed E-state index contributed by atoms with van der Waals surface area (Å²) < 4.78 is 10.8. The first-order valence-electron chi connectivity index (χ1n) is 12.8. The van der Waals surface area contributed by atoms with Crippen LogP contribution in [-0.4, -0.2) is 29.2 Å². The van der Waals surface area contributed by atoms with Gasteiger partial charge in [0.15, 0.2) is 0 Å². The van der Waals surface area contributed by atoms with E-state index >= 15 is 0 Å². The van der Waals surface area contributed by atoms with E-state index in [1.54, 1.807) is 0 Å². The standard InChI is InChI=1S/C27H42O5/c1-4-5-6-7-8-9-10-11-12-13-14-15-16-17-25(29)32-27(3)24(28)19-22-18-21(2)31-20-23(22)26(27)30/h19-21H,4-18H2,1-3H3. The zero-order valence-electron chi connectivity index (χ0n) is 20.4. The molecule has 5 heteroatoms. The molecule has 2 atom stereocenters. The normalized spacial score (nSPS) is 22.7. The summed E-state index contributed by atoms with van der Waals surface area (Å²) in [5.74, 6) is -1.42. The fourth-order valence-corrected chi connectivity index (χ4v) is 4.39. The third kappa shape index (κ3) is 7.90. The van der Waals surface area contributed by atoms with Crippen LogP contribution >= 0.6 is 0 Å². The topological polar surface area (TPSA) is 69.7 Å². The summed E-state index contributed by atoms with van der Waals surface area (Å²) in [7, 11) is 0. The summed E-state index contributed by atoms with van der Waals surface area (Å²) in [6, 6.07) is 0. The first-order chi connectivity index (χ1) is 15.4. The van der Waals surface area contributed by atoms with Crippen molar-refractivity contribution in [2.75, 3.05) is 0 Å². The molecule has 5 nitrogen and oxygen atoms in total. The van der Waals surface area contributed by atoms with Gasteiger partial charge in [0, 0.05) is 12.8 Å². The fraction of sp³-hybridized carbons (Fsp3) is 0.741. The largest absolute Gasteiger partial charge is 0.497 e. The molecule has 180 valence electrons. The van der Waals surface area contributed by atoms with Crippen molar-refractivity contribution in [3.63, 3.8) is 0 Å². The first-order valence-corrected chi connectivity index (χ1v) is 12.8. The lowest BCUT2D eigenvalue weighted by molar-refractivity contribution is -0.169. The van der Waals surface area contributed by atoms with Crippen LogP contribution in [0.4, 0.5) is 0 Å². The monoisotopic (exact) mass is 446 g/mol. The van der Waals surface area contributed by atoms with Crippen molar-refractivity contribution in [2.24, 2.45) is 0 Å². The second-order valence-corrected chi connectivity index (χ2v) is 9.55. The molecule has 0 saturated heterocycles. The lowest BCUT2D eigenvalue weighted by atomic mass is 9.79. The second-order valence-electron chi connectivity index (χ2n) is 9.55. The summed E-state index contributed by atoms with van der Waals surface area (Å²) in [5, 5.41) is 0. The molecule has 0 aromatic heterocycles. The fourth-order valence-electron chi connectivity index (χ4n) is 4.39. The molecule has 32 heavy (non-hydrogen) atoms. The molecule has 0 amide bonds. The van der Waals surface area contributed by atoms with Crippen molar-refractivity contribution in [3.8, 4) is 0 Å². The van der Waals surface area contributed by atoms with Crippen LogP contribution in [0.1, 0.15) is 117 Å². The highest BCUT2D eigenvalue weighted by Gasteiger charge is 2.49. The number of fused-ring (bicyclic) bond motifs is 1. The van der Waals surface area contributed by atoms with E-state index in [0.717, 1.165) is 19.3 Å². The van der Waals surface area contributed by atoms with E-state index < -0.39 is 23.1 Å². The molecule has 0 fully saturated rings. The molecule has 2 aliphatic rings. The van der Waals surface area contributed by atoms with Crippen LogP contribution in [0, 0.1) is 0 Å². The van der Waals surface area contributed by atoms with Crippen LogP contribution < -0.4 is 0 Å². The van der Waals surface area contributed by atoms with E-state index in [4.69, 9.17) is 9.47 Å². The molecule has 0 spiro atoms. The van der Waals surface area contributed by atoms with Gasteiger partial charge in [-0.15, -0.1) is 0 Å². The van der Waals surface area contributed by atoms with Crippen LogP contribution in [0.2, 0.25) is 0 Å². The minimum Gasteiger partial charge on any atom is -0.497 e. The Hall–Kier alpha value is -1.91. The summed E-state index contributed by atoms with van der Waals surface area (Å²) in [4.78, 5) is 37.7. The van der Waals surface area contributed by atoms with Crippen LogP contribution in [0.5, 0.6) is 0 Å². The van der Waals surface area contributed by atoms with E-state index in [-0.39, 0.29) is 12.5 Å². The highest BCUT2D eigenvalue weighted by Crippen LogP contribution is 2.34. The maximum Gasteiger partial charge on any atom is 0.307 e. The molecule has 1 aliphatic carbocycles. The SMILES string of the molecule is CCCCCCCCCCCCCCCC(=O)OC1(C)C(=O)C=C2CC(C)OC=C2C1=O. The number of hydrogen-bond donors (Lipinski definition) is 0. The van der Waals surface area contributed by atoms with Gasteiger partial charge in [-0.3, -0.25) is 14.4 Å². The number of ether oxygens (including phenoxy) is 2. The Morgan fingerprint density at radius 2 is 1.50 bits per heavy atom. The van der Waals surface area contributed by atoms with Crippen molar-refractivity contribution >= 4 is 17.5 Å². The highest BCUT2D eigenvalue weighted by atomic mass is 16.6. The van der Waals surface area contributed by atoms with Gasteiger partial charge in [0.05, 0.1) is 17.9 Å². The molecule has 0 aromatic rings. The van der Waals surface area contributed by atoms with Crippen molar-refractivity contribution in [2.45, 2.75) is 129 Å². The predicted molar refractivity (Wildman–Crippen MR) is 126 cm³/mol. The molecule has 0 radical (unpaired) electrons. The first kappa shape index (κ1) is 26.3. The summed E-state index contributed by atoms with van der Waals surface area (Å²) in [6.45, 7) is 5.52. The minimum atomic E-state index is -1.77. The van der Waals surface area contributed by atoms with Gasteiger partial charge in [0.25, 0.3) is 0 Å². The van der Waals surface area contributed by atoms with E-state index in [0.29, 0.717) is 17.6 Å².